The molecule has 1 heterocycles. The van der Waals surface area contributed by atoms with Crippen LogP contribution in [-0.2, 0) is 4.79 Å². The van der Waals surface area contributed by atoms with Gasteiger partial charge in [-0.3, -0.25) is 4.79 Å². The highest BCUT2D eigenvalue weighted by atomic mass is 16.1. The first kappa shape index (κ1) is 19.3. The van der Waals surface area contributed by atoms with Gasteiger partial charge in [0.15, 0.2) is 0 Å². The minimum Gasteiger partial charge on any atom is -0.345 e. The van der Waals surface area contributed by atoms with E-state index in [1.54, 1.807) is 11.0 Å². The topological polar surface area (TPSA) is 59.8 Å². The van der Waals surface area contributed by atoms with Crippen LogP contribution in [0.4, 0.5) is 0 Å². The van der Waals surface area contributed by atoms with Crippen LogP contribution in [-0.4, -0.2) is 20.7 Å². The Hall–Kier alpha value is -3.99. The molecule has 1 unspecified atom stereocenters. The van der Waals surface area contributed by atoms with E-state index in [0.29, 0.717) is 5.57 Å². The molecule has 0 radical (unpaired) electrons. The molecule has 3 aromatic carbocycles. The van der Waals surface area contributed by atoms with Crippen molar-refractivity contribution in [2.45, 2.75) is 13.0 Å². The van der Waals surface area contributed by atoms with Gasteiger partial charge in [-0.25, -0.2) is 9.67 Å². The first-order valence-corrected chi connectivity index (χ1v) is 9.79. The lowest BCUT2D eigenvalue weighted by Gasteiger charge is -2.17. The van der Waals surface area contributed by atoms with Crippen molar-refractivity contribution in [1.29, 1.82) is 0 Å². The van der Waals surface area contributed by atoms with Crippen LogP contribution in [0.1, 0.15) is 29.7 Å². The van der Waals surface area contributed by atoms with Gasteiger partial charge in [0.05, 0.1) is 11.7 Å². The second-order valence-corrected chi connectivity index (χ2v) is 6.96. The summed E-state index contributed by atoms with van der Waals surface area (Å²) < 4.78 is 1.70. The van der Waals surface area contributed by atoms with Crippen LogP contribution < -0.4 is 5.32 Å². The summed E-state index contributed by atoms with van der Waals surface area (Å²) in [5.74, 6) is -0.113. The zero-order valence-electron chi connectivity index (χ0n) is 16.6. The summed E-state index contributed by atoms with van der Waals surface area (Å²) in [5, 5.41) is 7.26. The van der Waals surface area contributed by atoms with Crippen molar-refractivity contribution in [1.82, 2.24) is 20.1 Å². The molecule has 148 valence electrons. The molecule has 30 heavy (non-hydrogen) atoms. The van der Waals surface area contributed by atoms with E-state index in [2.05, 4.69) is 15.4 Å². The van der Waals surface area contributed by atoms with E-state index in [1.165, 1.54) is 6.33 Å². The Morgan fingerprint density at radius 2 is 1.60 bits per heavy atom. The molecular weight excluding hydrogens is 372 g/mol. The zero-order valence-corrected chi connectivity index (χ0v) is 16.6. The molecule has 5 heteroatoms. The normalized spacial score (nSPS) is 12.4. The van der Waals surface area contributed by atoms with Crippen LogP contribution in [0.5, 0.6) is 0 Å². The number of aromatic nitrogens is 3. The number of nitrogens with zero attached hydrogens (tertiary/aromatic N) is 3. The Morgan fingerprint density at radius 1 is 0.933 bits per heavy atom. The molecule has 4 aromatic rings. The number of amides is 1. The molecule has 4 rings (SSSR count). The number of rotatable bonds is 6. The van der Waals surface area contributed by atoms with Crippen LogP contribution in [0.3, 0.4) is 0 Å². The van der Waals surface area contributed by atoms with Gasteiger partial charge in [-0.15, -0.1) is 0 Å². The summed E-state index contributed by atoms with van der Waals surface area (Å²) >= 11 is 0. The average molecular weight is 394 g/mol. The van der Waals surface area contributed by atoms with Crippen molar-refractivity contribution in [2.24, 2.45) is 0 Å². The summed E-state index contributed by atoms with van der Waals surface area (Å²) in [6.07, 6.45) is 5.08. The van der Waals surface area contributed by atoms with E-state index in [9.17, 15) is 4.79 Å². The molecule has 1 amide bonds. The molecule has 1 N–H and O–H groups in total. The SMILES string of the molecule is CC(NC(=O)C(=Cc1ccccc1)c1ccccc1)c1ccc(-n2cncn2)cc1. The number of carbonyl (C=O) groups is 1. The van der Waals surface area contributed by atoms with Gasteiger partial charge in [0.25, 0.3) is 5.91 Å². The van der Waals surface area contributed by atoms with Crippen molar-refractivity contribution in [3.63, 3.8) is 0 Å². The maximum atomic E-state index is 13.2. The summed E-state index contributed by atoms with van der Waals surface area (Å²) in [5.41, 5.74) is 4.43. The van der Waals surface area contributed by atoms with Gasteiger partial charge in [0.2, 0.25) is 0 Å². The second-order valence-electron chi connectivity index (χ2n) is 6.96. The number of hydrogen-bond acceptors (Lipinski definition) is 3. The highest BCUT2D eigenvalue weighted by Gasteiger charge is 2.16. The molecule has 0 saturated heterocycles. The molecule has 1 aromatic heterocycles. The van der Waals surface area contributed by atoms with Crippen LogP contribution in [0.25, 0.3) is 17.3 Å². The first-order chi connectivity index (χ1) is 14.7. The minimum atomic E-state index is -0.148. The summed E-state index contributed by atoms with van der Waals surface area (Å²) in [4.78, 5) is 17.2. The monoisotopic (exact) mass is 394 g/mol. The zero-order chi connectivity index (χ0) is 20.8. The van der Waals surface area contributed by atoms with Crippen molar-refractivity contribution >= 4 is 17.6 Å². The lowest BCUT2D eigenvalue weighted by atomic mass is 10.0. The third-order valence-corrected chi connectivity index (χ3v) is 4.86. The van der Waals surface area contributed by atoms with E-state index >= 15 is 0 Å². The molecular formula is C25H22N4O. The molecule has 0 aliphatic rings. The Kier molecular flexibility index (Phi) is 5.80. The molecule has 0 saturated carbocycles. The third-order valence-electron chi connectivity index (χ3n) is 4.86. The van der Waals surface area contributed by atoms with E-state index in [-0.39, 0.29) is 11.9 Å². The van der Waals surface area contributed by atoms with E-state index < -0.39 is 0 Å². The maximum Gasteiger partial charge on any atom is 0.252 e. The van der Waals surface area contributed by atoms with Gasteiger partial charge in [0.1, 0.15) is 12.7 Å². The van der Waals surface area contributed by atoms with Crippen LogP contribution in [0.15, 0.2) is 97.6 Å². The molecule has 0 bridgehead atoms. The van der Waals surface area contributed by atoms with Gasteiger partial charge >= 0.3 is 0 Å². The third kappa shape index (κ3) is 4.52. The summed E-state index contributed by atoms with van der Waals surface area (Å²) in [7, 11) is 0. The van der Waals surface area contributed by atoms with Gasteiger partial charge in [-0.1, -0.05) is 72.8 Å². The standard InChI is InChI=1S/C25H22N4O/c1-19(21-12-14-23(15-13-21)29-18-26-17-27-29)28-25(30)24(22-10-6-3-7-11-22)16-20-8-4-2-5-9-20/h2-19H,1H3,(H,28,30). The van der Waals surface area contributed by atoms with Crippen molar-refractivity contribution in [3.8, 4) is 5.69 Å². The molecule has 0 aliphatic carbocycles. The number of hydrogen-bond donors (Lipinski definition) is 1. The molecule has 0 aliphatic heterocycles. The predicted molar refractivity (Wildman–Crippen MR) is 119 cm³/mol. The van der Waals surface area contributed by atoms with Crippen LogP contribution in [0, 0.1) is 0 Å². The number of carbonyl (C=O) groups excluding carboxylic acids is 1. The summed E-state index contributed by atoms with van der Waals surface area (Å²) in [6, 6.07) is 27.4. The van der Waals surface area contributed by atoms with E-state index in [4.69, 9.17) is 0 Å². The highest BCUT2D eigenvalue weighted by Crippen LogP contribution is 2.21. The van der Waals surface area contributed by atoms with E-state index in [1.807, 2.05) is 97.9 Å². The lowest BCUT2D eigenvalue weighted by Crippen LogP contribution is -2.27. The Morgan fingerprint density at radius 3 is 2.23 bits per heavy atom. The van der Waals surface area contributed by atoms with Crippen molar-refractivity contribution in [2.75, 3.05) is 0 Å². The quantitative estimate of drug-likeness (QED) is 0.381. The van der Waals surface area contributed by atoms with E-state index in [0.717, 1.165) is 22.4 Å². The summed E-state index contributed by atoms with van der Waals surface area (Å²) in [6.45, 7) is 1.98. The fraction of sp³-hybridized carbons (Fsp3) is 0.0800. The predicted octanol–water partition coefficient (Wildman–Crippen LogP) is 4.69. The molecule has 1 atom stereocenters. The number of nitrogens with one attached hydrogen (secondary N) is 1. The Bertz CT molecular complexity index is 1120. The minimum absolute atomic E-state index is 0.113. The highest BCUT2D eigenvalue weighted by molar-refractivity contribution is 6.24. The fourth-order valence-electron chi connectivity index (χ4n) is 3.23. The number of benzene rings is 3. The largest absolute Gasteiger partial charge is 0.345 e. The Labute approximate surface area is 175 Å². The van der Waals surface area contributed by atoms with Gasteiger partial charge in [0, 0.05) is 5.57 Å². The molecule has 0 fully saturated rings. The first-order valence-electron chi connectivity index (χ1n) is 9.79. The maximum absolute atomic E-state index is 13.2. The lowest BCUT2D eigenvalue weighted by molar-refractivity contribution is -0.116. The van der Waals surface area contributed by atoms with Crippen LogP contribution in [0.2, 0.25) is 0 Å². The van der Waals surface area contributed by atoms with Crippen molar-refractivity contribution < 1.29 is 4.79 Å². The molecule has 5 nitrogen and oxygen atoms in total. The van der Waals surface area contributed by atoms with Crippen LogP contribution >= 0.6 is 0 Å². The van der Waals surface area contributed by atoms with Gasteiger partial charge in [-0.05, 0) is 41.8 Å². The van der Waals surface area contributed by atoms with Gasteiger partial charge in [-0.2, -0.15) is 5.10 Å². The van der Waals surface area contributed by atoms with Crippen molar-refractivity contribution in [3.05, 3.63) is 114 Å². The Balaban J connectivity index is 1.55. The molecule has 0 spiro atoms. The smallest absolute Gasteiger partial charge is 0.252 e. The fourth-order valence-corrected chi connectivity index (χ4v) is 3.23. The average Bonchev–Trinajstić information content (AvgIpc) is 3.34. The van der Waals surface area contributed by atoms with Gasteiger partial charge < -0.3 is 5.32 Å². The second kappa shape index (κ2) is 9.01.